The molecule has 0 atom stereocenters. The molecule has 90 valence electrons. The molecule has 0 unspecified atom stereocenters. The van der Waals surface area contributed by atoms with Gasteiger partial charge in [0.05, 0.1) is 12.3 Å². The second kappa shape index (κ2) is 4.15. The molecule has 1 saturated carbocycles. The summed E-state index contributed by atoms with van der Waals surface area (Å²) in [6, 6.07) is 0. The van der Waals surface area contributed by atoms with Crippen LogP contribution in [-0.4, -0.2) is 47.7 Å². The molecule has 0 aromatic carbocycles. The predicted octanol–water partition coefficient (Wildman–Crippen LogP) is -0.199. The average molecular weight is 245 g/mol. The average Bonchev–Trinajstić information content (AvgIpc) is 2.68. The Labute approximate surface area is 94.3 Å². The zero-order valence-electron chi connectivity index (χ0n) is 9.00. The number of rotatable bonds is 4. The van der Waals surface area contributed by atoms with Gasteiger partial charge >= 0.3 is 0 Å². The topological polar surface area (TPSA) is 86.3 Å². The van der Waals surface area contributed by atoms with Crippen LogP contribution in [0.3, 0.4) is 0 Å². The van der Waals surface area contributed by atoms with Crippen molar-refractivity contribution in [2.45, 2.75) is 23.8 Å². The molecule has 16 heavy (non-hydrogen) atoms. The molecule has 0 aliphatic heterocycles. The first-order chi connectivity index (χ1) is 7.50. The molecule has 1 aliphatic rings. The van der Waals surface area contributed by atoms with Gasteiger partial charge in [0.15, 0.2) is 0 Å². The number of hydrogen-bond acceptors (Lipinski definition) is 4. The zero-order valence-corrected chi connectivity index (χ0v) is 9.81. The van der Waals surface area contributed by atoms with Crippen molar-refractivity contribution in [2.75, 3.05) is 13.6 Å². The minimum Gasteiger partial charge on any atom is -0.393 e. The zero-order chi connectivity index (χ0) is 11.8. The molecule has 1 fully saturated rings. The maximum atomic E-state index is 12.0. The van der Waals surface area contributed by atoms with Gasteiger partial charge in [-0.2, -0.15) is 5.10 Å². The summed E-state index contributed by atoms with van der Waals surface area (Å²) in [5.74, 6) is 0.265. The Bertz CT molecular complexity index is 437. The summed E-state index contributed by atoms with van der Waals surface area (Å²) >= 11 is 0. The Morgan fingerprint density at radius 3 is 2.81 bits per heavy atom. The van der Waals surface area contributed by atoms with E-state index in [0.29, 0.717) is 19.4 Å². The lowest BCUT2D eigenvalue weighted by Gasteiger charge is -2.33. The van der Waals surface area contributed by atoms with Crippen LogP contribution in [0, 0.1) is 5.92 Å². The van der Waals surface area contributed by atoms with Crippen molar-refractivity contribution < 1.29 is 13.5 Å². The Balaban J connectivity index is 2.01. The largest absolute Gasteiger partial charge is 0.393 e. The lowest BCUT2D eigenvalue weighted by Crippen LogP contribution is -2.39. The summed E-state index contributed by atoms with van der Waals surface area (Å²) in [7, 11) is -1.88. The van der Waals surface area contributed by atoms with E-state index in [9.17, 15) is 8.42 Å². The number of sulfonamides is 1. The SMILES string of the molecule is CN(CC1CC(O)C1)S(=O)(=O)c1cn[nH]c1. The van der Waals surface area contributed by atoms with Crippen LogP contribution in [0.2, 0.25) is 0 Å². The molecule has 1 aromatic rings. The van der Waals surface area contributed by atoms with Crippen molar-refractivity contribution in [3.8, 4) is 0 Å². The molecule has 0 radical (unpaired) electrons. The Morgan fingerprint density at radius 2 is 2.31 bits per heavy atom. The van der Waals surface area contributed by atoms with Crippen LogP contribution >= 0.6 is 0 Å². The number of hydrogen-bond donors (Lipinski definition) is 2. The maximum Gasteiger partial charge on any atom is 0.245 e. The van der Waals surface area contributed by atoms with E-state index >= 15 is 0 Å². The Kier molecular flexibility index (Phi) is 3.00. The van der Waals surface area contributed by atoms with E-state index in [1.54, 1.807) is 7.05 Å². The summed E-state index contributed by atoms with van der Waals surface area (Å²) in [5, 5.41) is 15.2. The quantitative estimate of drug-likeness (QED) is 0.769. The number of aromatic nitrogens is 2. The third kappa shape index (κ3) is 2.11. The highest BCUT2D eigenvalue weighted by atomic mass is 32.2. The van der Waals surface area contributed by atoms with E-state index in [1.165, 1.54) is 16.7 Å². The lowest BCUT2D eigenvalue weighted by atomic mass is 9.82. The van der Waals surface area contributed by atoms with Crippen molar-refractivity contribution in [3.05, 3.63) is 12.4 Å². The van der Waals surface area contributed by atoms with Crippen molar-refractivity contribution in [1.29, 1.82) is 0 Å². The Hall–Kier alpha value is -0.920. The summed E-state index contributed by atoms with van der Waals surface area (Å²) in [4.78, 5) is 0.176. The van der Waals surface area contributed by atoms with Gasteiger partial charge in [0.25, 0.3) is 0 Å². The maximum absolute atomic E-state index is 12.0. The normalized spacial score (nSPS) is 25.7. The number of nitrogens with one attached hydrogen (secondary N) is 1. The third-order valence-electron chi connectivity index (χ3n) is 2.91. The van der Waals surface area contributed by atoms with Crippen molar-refractivity contribution >= 4 is 10.0 Å². The predicted molar refractivity (Wildman–Crippen MR) is 57.1 cm³/mol. The fourth-order valence-electron chi connectivity index (χ4n) is 1.87. The number of aliphatic hydroxyl groups is 1. The van der Waals surface area contributed by atoms with Gasteiger partial charge in [-0.25, -0.2) is 12.7 Å². The van der Waals surface area contributed by atoms with Gasteiger partial charge in [0, 0.05) is 19.8 Å². The molecule has 0 spiro atoms. The molecule has 1 heterocycles. The molecule has 6 nitrogen and oxygen atoms in total. The molecule has 7 heteroatoms. The van der Waals surface area contributed by atoms with Gasteiger partial charge in [-0.05, 0) is 18.8 Å². The van der Waals surface area contributed by atoms with Gasteiger partial charge < -0.3 is 5.11 Å². The van der Waals surface area contributed by atoms with Gasteiger partial charge in [0.2, 0.25) is 10.0 Å². The van der Waals surface area contributed by atoms with E-state index < -0.39 is 10.0 Å². The molecule has 0 amide bonds. The Morgan fingerprint density at radius 1 is 1.62 bits per heavy atom. The second-order valence-corrected chi connectivity index (χ2v) is 6.26. The highest BCUT2D eigenvalue weighted by Crippen LogP contribution is 2.28. The smallest absolute Gasteiger partial charge is 0.245 e. The fraction of sp³-hybridized carbons (Fsp3) is 0.667. The minimum atomic E-state index is -3.43. The van der Waals surface area contributed by atoms with E-state index in [-0.39, 0.29) is 16.9 Å². The standard InChI is InChI=1S/C9H15N3O3S/c1-12(6-7-2-8(13)3-7)16(14,15)9-4-10-11-5-9/h4-5,7-8,13H,2-3,6H2,1H3,(H,10,11). The molecular formula is C9H15N3O3S. The fourth-order valence-corrected chi connectivity index (χ4v) is 3.03. The van der Waals surface area contributed by atoms with E-state index in [2.05, 4.69) is 10.2 Å². The van der Waals surface area contributed by atoms with Crippen molar-refractivity contribution in [1.82, 2.24) is 14.5 Å². The molecular weight excluding hydrogens is 230 g/mol. The molecule has 0 saturated heterocycles. The summed E-state index contributed by atoms with van der Waals surface area (Å²) in [5.41, 5.74) is 0. The second-order valence-electron chi connectivity index (χ2n) is 4.21. The molecule has 1 aromatic heterocycles. The van der Waals surface area contributed by atoms with Crippen LogP contribution in [0.15, 0.2) is 17.3 Å². The van der Waals surface area contributed by atoms with Gasteiger partial charge in [-0.3, -0.25) is 5.10 Å². The van der Waals surface area contributed by atoms with Crippen LogP contribution < -0.4 is 0 Å². The molecule has 0 bridgehead atoms. The van der Waals surface area contributed by atoms with E-state index in [4.69, 9.17) is 5.11 Å². The first kappa shape index (κ1) is 11.6. The summed E-state index contributed by atoms with van der Waals surface area (Å²) in [6.45, 7) is 0.449. The lowest BCUT2D eigenvalue weighted by molar-refractivity contribution is 0.0367. The van der Waals surface area contributed by atoms with Gasteiger partial charge in [-0.1, -0.05) is 0 Å². The number of nitrogens with zero attached hydrogens (tertiary/aromatic N) is 2. The number of H-pyrrole nitrogens is 1. The third-order valence-corrected chi connectivity index (χ3v) is 4.70. The van der Waals surface area contributed by atoms with Gasteiger partial charge in [0.1, 0.15) is 4.90 Å². The van der Waals surface area contributed by atoms with Crippen LogP contribution in [0.25, 0.3) is 0 Å². The van der Waals surface area contributed by atoms with E-state index in [0.717, 1.165) is 0 Å². The highest BCUT2D eigenvalue weighted by molar-refractivity contribution is 7.89. The summed E-state index contributed by atoms with van der Waals surface area (Å²) in [6.07, 6.45) is 3.77. The molecule has 1 aliphatic carbocycles. The van der Waals surface area contributed by atoms with Crippen LogP contribution in [-0.2, 0) is 10.0 Å². The minimum absolute atomic E-state index is 0.176. The first-order valence-corrected chi connectivity index (χ1v) is 6.57. The number of aromatic amines is 1. The van der Waals surface area contributed by atoms with Crippen molar-refractivity contribution in [3.63, 3.8) is 0 Å². The van der Waals surface area contributed by atoms with Gasteiger partial charge in [-0.15, -0.1) is 0 Å². The van der Waals surface area contributed by atoms with E-state index in [1.807, 2.05) is 0 Å². The monoisotopic (exact) mass is 245 g/mol. The highest BCUT2D eigenvalue weighted by Gasteiger charge is 2.31. The first-order valence-electron chi connectivity index (χ1n) is 5.13. The molecule has 2 N–H and O–H groups in total. The molecule has 2 rings (SSSR count). The summed E-state index contributed by atoms with van der Waals surface area (Å²) < 4.78 is 25.2. The van der Waals surface area contributed by atoms with Crippen LogP contribution in [0.4, 0.5) is 0 Å². The van der Waals surface area contributed by atoms with Crippen molar-refractivity contribution in [2.24, 2.45) is 5.92 Å². The number of aliphatic hydroxyl groups excluding tert-OH is 1. The van der Waals surface area contributed by atoms with Crippen LogP contribution in [0.1, 0.15) is 12.8 Å². The van der Waals surface area contributed by atoms with Crippen LogP contribution in [0.5, 0.6) is 0 Å².